The van der Waals surface area contributed by atoms with Gasteiger partial charge in [0, 0.05) is 24.0 Å². The average molecular weight is 603 g/mol. The van der Waals surface area contributed by atoms with E-state index in [2.05, 4.69) is 25.3 Å². The summed E-state index contributed by atoms with van der Waals surface area (Å²) in [6.45, 7) is 2.04. The first-order chi connectivity index (χ1) is 20.4. The summed E-state index contributed by atoms with van der Waals surface area (Å²) in [5.41, 5.74) is 2.98. The van der Waals surface area contributed by atoms with Gasteiger partial charge in [-0.05, 0) is 30.3 Å². The second-order valence-corrected chi connectivity index (χ2v) is 10.9. The molecule has 1 spiro atoms. The number of carbonyl (C=O) groups is 3. The number of quaternary nitrogens is 1. The zero-order valence-electron chi connectivity index (χ0n) is 23.6. The van der Waals surface area contributed by atoms with Gasteiger partial charge in [0.25, 0.3) is 0 Å². The van der Waals surface area contributed by atoms with Gasteiger partial charge in [0.15, 0.2) is 23.7 Å². The Morgan fingerprint density at radius 3 is 2.19 bits per heavy atom. The third kappa shape index (κ3) is 6.50. The molecule has 2 unspecified atom stereocenters. The van der Waals surface area contributed by atoms with Gasteiger partial charge >= 0.3 is 17.9 Å². The first kappa shape index (κ1) is 31.9. The number of carboxylic acid groups (broad SMARTS) is 2. The van der Waals surface area contributed by atoms with Crippen LogP contribution in [0.1, 0.15) is 34.3 Å². The Labute approximate surface area is 247 Å². The van der Waals surface area contributed by atoms with Crippen LogP contribution in [0.5, 0.6) is 11.5 Å². The summed E-state index contributed by atoms with van der Waals surface area (Å²) < 4.78 is 17.9. The highest BCUT2D eigenvalue weighted by Crippen LogP contribution is 2.55. The van der Waals surface area contributed by atoms with E-state index in [4.69, 9.17) is 44.8 Å². The highest BCUT2D eigenvalue weighted by atomic mass is 16.6. The maximum atomic E-state index is 12.5. The van der Waals surface area contributed by atoms with Crippen LogP contribution in [0.25, 0.3) is 0 Å². The van der Waals surface area contributed by atoms with Gasteiger partial charge in [0.05, 0.1) is 31.7 Å². The Bertz CT molecular complexity index is 1340. The third-order valence-electron chi connectivity index (χ3n) is 8.01. The van der Waals surface area contributed by atoms with E-state index in [1.54, 1.807) is 19.2 Å². The fourth-order valence-electron chi connectivity index (χ4n) is 5.70. The second-order valence-electron chi connectivity index (χ2n) is 10.9. The summed E-state index contributed by atoms with van der Waals surface area (Å²) in [4.78, 5) is 34.2. The number of nitrogens with one attached hydrogen (secondary N) is 1. The van der Waals surface area contributed by atoms with Crippen LogP contribution in [0, 0.1) is 0 Å². The highest BCUT2D eigenvalue weighted by molar-refractivity contribution is 5.89. The van der Waals surface area contributed by atoms with Crippen LogP contribution in [0.4, 0.5) is 0 Å². The molecule has 0 bridgehead atoms. The lowest BCUT2D eigenvalue weighted by molar-refractivity contribution is -0.893. The maximum Gasteiger partial charge on any atom is 0.338 e. The molecule has 0 saturated heterocycles. The lowest BCUT2D eigenvalue weighted by atomic mass is 9.69. The molecule has 2 aliphatic heterocycles. The van der Waals surface area contributed by atoms with E-state index >= 15 is 0 Å². The molecule has 0 saturated carbocycles. The second kappa shape index (κ2) is 13.1. The molecule has 0 aromatic heterocycles. The Morgan fingerprint density at radius 1 is 0.977 bits per heavy atom. The molecule has 7 N–H and O–H groups in total. The molecule has 5 rings (SSSR count). The number of hydrogen-bond acceptors (Lipinski definition) is 10. The monoisotopic (exact) mass is 602 g/mol. The molecule has 8 atom stereocenters. The molecule has 0 fully saturated rings. The minimum absolute atomic E-state index is 0.0583. The molecule has 3 aliphatic rings. The van der Waals surface area contributed by atoms with E-state index in [0.717, 1.165) is 31.0 Å². The maximum absolute atomic E-state index is 12.5. The van der Waals surface area contributed by atoms with E-state index in [1.165, 1.54) is 16.0 Å². The van der Waals surface area contributed by atoms with Crippen molar-refractivity contribution in [3.63, 3.8) is 0 Å². The zero-order chi connectivity index (χ0) is 31.5. The summed E-state index contributed by atoms with van der Waals surface area (Å²) in [6, 6.07) is 13.3. The van der Waals surface area contributed by atoms with Gasteiger partial charge in [-0.3, -0.25) is 0 Å². The molecule has 1 aliphatic carbocycles. The van der Waals surface area contributed by atoms with Gasteiger partial charge in [0.1, 0.15) is 31.0 Å². The third-order valence-corrected chi connectivity index (χ3v) is 8.01. The largest absolute Gasteiger partial charge is 0.493 e. The quantitative estimate of drug-likeness (QED) is 0.142. The van der Waals surface area contributed by atoms with Crippen molar-refractivity contribution >= 4 is 17.9 Å². The standard InChI is InChI=1S/C24H25NO4.C6H10O8/c1-25-13-12-24-11-10-18(28-23(26)16-6-4-3-5-7-16)14-20(24)29-22-19(27-2)9-8-17(15-25)21(22)24;7-1(3(9)5(11)12)2(8)4(10)6(13)14/h3-11,18,20H,12-15H2,1-2H3;1-4,7-10H,(H,11,12)(H,13,14)/p+1/t18-,20?,24-;1-,2-,3-,4+/m00/s1. The lowest BCUT2D eigenvalue weighted by Crippen LogP contribution is -3.07. The number of esters is 1. The van der Waals surface area contributed by atoms with E-state index in [0.29, 0.717) is 12.0 Å². The summed E-state index contributed by atoms with van der Waals surface area (Å²) in [6.07, 6.45) is -3.70. The van der Waals surface area contributed by atoms with Gasteiger partial charge in [-0.2, -0.15) is 0 Å². The van der Waals surface area contributed by atoms with Crippen molar-refractivity contribution in [2.75, 3.05) is 20.7 Å². The number of aliphatic hydroxyl groups is 4. The van der Waals surface area contributed by atoms with Crippen LogP contribution in [0.3, 0.4) is 0 Å². The van der Waals surface area contributed by atoms with Crippen LogP contribution in [0.2, 0.25) is 0 Å². The number of carbonyl (C=O) groups excluding carboxylic acids is 1. The highest BCUT2D eigenvalue weighted by Gasteiger charge is 2.54. The topological polar surface area (TPSA) is 205 Å². The van der Waals surface area contributed by atoms with Crippen LogP contribution < -0.4 is 14.4 Å². The van der Waals surface area contributed by atoms with Crippen molar-refractivity contribution < 1.29 is 64.1 Å². The molecule has 43 heavy (non-hydrogen) atoms. The Morgan fingerprint density at radius 2 is 1.60 bits per heavy atom. The van der Waals surface area contributed by atoms with Crippen molar-refractivity contribution in [2.45, 2.75) is 61.4 Å². The van der Waals surface area contributed by atoms with Crippen LogP contribution in [0.15, 0.2) is 54.6 Å². The molecule has 2 heterocycles. The molecule has 232 valence electrons. The SMILES string of the molecule is COc1ccc2c3c1OC1C[C@@H](OC(=O)c4ccccc4)C=C[C@@]31CC[NH+](C)C2.O=C(O)[C@@H](O)[C@@H](O)[C@H](O)[C@@H](O)C(=O)O. The summed E-state index contributed by atoms with van der Waals surface area (Å²) >= 11 is 0. The first-order valence-corrected chi connectivity index (χ1v) is 13.7. The number of carboxylic acids is 2. The normalized spacial score (nSPS) is 26.0. The summed E-state index contributed by atoms with van der Waals surface area (Å²) in [5, 5.41) is 51.5. The fraction of sp³-hybridized carbons (Fsp3) is 0.433. The summed E-state index contributed by atoms with van der Waals surface area (Å²) in [7, 11) is 3.92. The van der Waals surface area contributed by atoms with Gasteiger partial charge in [-0.1, -0.05) is 24.3 Å². The van der Waals surface area contributed by atoms with Gasteiger partial charge in [0.2, 0.25) is 0 Å². The predicted octanol–water partition coefficient (Wildman–Crippen LogP) is -1.10. The van der Waals surface area contributed by atoms with Crippen molar-refractivity contribution in [2.24, 2.45) is 0 Å². The average Bonchev–Trinajstić information content (AvgIpc) is 3.26. The van der Waals surface area contributed by atoms with Gasteiger partial charge in [-0.15, -0.1) is 0 Å². The minimum atomic E-state index is -2.36. The fourth-order valence-corrected chi connectivity index (χ4v) is 5.70. The molecule has 13 nitrogen and oxygen atoms in total. The van der Waals surface area contributed by atoms with Crippen molar-refractivity contribution in [1.82, 2.24) is 0 Å². The van der Waals surface area contributed by atoms with Crippen LogP contribution in [-0.4, -0.2) is 106 Å². The molecule has 2 aromatic carbocycles. The molecule has 13 heteroatoms. The van der Waals surface area contributed by atoms with E-state index in [-0.39, 0.29) is 23.6 Å². The number of benzene rings is 2. The van der Waals surface area contributed by atoms with Crippen molar-refractivity contribution in [3.05, 3.63) is 71.3 Å². The molecular formula is C30H36NO12+. The Hall–Kier alpha value is -4.01. The van der Waals surface area contributed by atoms with Crippen LogP contribution >= 0.6 is 0 Å². The molecular weight excluding hydrogens is 566 g/mol. The van der Waals surface area contributed by atoms with Crippen LogP contribution in [-0.2, 0) is 26.3 Å². The van der Waals surface area contributed by atoms with E-state index in [1.807, 2.05) is 24.3 Å². The van der Waals surface area contributed by atoms with E-state index < -0.39 is 36.4 Å². The first-order valence-electron chi connectivity index (χ1n) is 13.7. The Kier molecular flexibility index (Phi) is 9.72. The molecule has 0 radical (unpaired) electrons. The predicted molar refractivity (Wildman–Crippen MR) is 148 cm³/mol. The number of aliphatic hydroxyl groups excluding tert-OH is 4. The number of methoxy groups -OCH3 is 1. The number of hydrogen-bond donors (Lipinski definition) is 7. The summed E-state index contributed by atoms with van der Waals surface area (Å²) in [5.74, 6) is -2.33. The van der Waals surface area contributed by atoms with E-state index in [9.17, 15) is 14.4 Å². The smallest absolute Gasteiger partial charge is 0.338 e. The van der Waals surface area contributed by atoms with Crippen molar-refractivity contribution in [1.29, 1.82) is 0 Å². The lowest BCUT2D eigenvalue weighted by Gasteiger charge is -2.36. The van der Waals surface area contributed by atoms with Crippen molar-refractivity contribution in [3.8, 4) is 11.5 Å². The van der Waals surface area contributed by atoms with Gasteiger partial charge < -0.3 is 49.7 Å². The Balaban J connectivity index is 0.000000258. The zero-order valence-corrected chi connectivity index (χ0v) is 23.6. The minimum Gasteiger partial charge on any atom is -0.493 e. The molecule has 0 amide bonds. The molecule has 2 aromatic rings. The number of ether oxygens (including phenoxy) is 3. The number of aliphatic carboxylic acids is 2. The van der Waals surface area contributed by atoms with Gasteiger partial charge in [-0.25, -0.2) is 14.4 Å². The number of rotatable bonds is 8.